The van der Waals surface area contributed by atoms with Gasteiger partial charge in [0.1, 0.15) is 0 Å². The summed E-state index contributed by atoms with van der Waals surface area (Å²) in [5, 5.41) is 0.738. The van der Waals surface area contributed by atoms with Crippen LogP contribution in [0.15, 0.2) is 36.5 Å². The van der Waals surface area contributed by atoms with Crippen molar-refractivity contribution < 1.29 is 0 Å². The van der Waals surface area contributed by atoms with Crippen LogP contribution in [0.3, 0.4) is 0 Å². The Kier molecular flexibility index (Phi) is 2.96. The first-order valence-electron chi connectivity index (χ1n) is 6.24. The number of anilines is 1. The largest absolute Gasteiger partial charge is 0.398 e. The van der Waals surface area contributed by atoms with Gasteiger partial charge in [-0.2, -0.15) is 0 Å². The highest BCUT2D eigenvalue weighted by atomic mass is 35.5. The van der Waals surface area contributed by atoms with Crippen molar-refractivity contribution in [3.63, 3.8) is 0 Å². The Balaban J connectivity index is 2.11. The number of hydrogen-bond donors (Lipinski definition) is 1. The van der Waals surface area contributed by atoms with Crippen LogP contribution in [-0.2, 0) is 6.42 Å². The van der Waals surface area contributed by atoms with Gasteiger partial charge in [-0.05, 0) is 54.7 Å². The topological polar surface area (TPSA) is 38.9 Å². The number of hydrogen-bond acceptors (Lipinski definition) is 2. The Morgan fingerprint density at radius 2 is 2.17 bits per heavy atom. The van der Waals surface area contributed by atoms with E-state index in [2.05, 4.69) is 11.1 Å². The van der Waals surface area contributed by atoms with E-state index >= 15 is 0 Å². The van der Waals surface area contributed by atoms with Crippen molar-refractivity contribution in [3.8, 4) is 0 Å². The van der Waals surface area contributed by atoms with Gasteiger partial charge < -0.3 is 5.73 Å². The maximum atomic E-state index is 6.09. The molecule has 0 fully saturated rings. The molecule has 2 aromatic rings. The minimum absolute atomic E-state index is 0.286. The Bertz CT molecular complexity index is 580. The number of nitrogen functional groups attached to an aromatic ring is 1. The molecule has 1 atom stereocenters. The third-order valence-corrected chi connectivity index (χ3v) is 3.85. The molecule has 0 saturated carbocycles. The molecule has 1 aliphatic rings. The summed E-state index contributed by atoms with van der Waals surface area (Å²) in [6, 6.07) is 9.86. The molecule has 1 aromatic carbocycles. The van der Waals surface area contributed by atoms with Gasteiger partial charge in [0.2, 0.25) is 0 Å². The molecule has 18 heavy (non-hydrogen) atoms. The average molecular weight is 259 g/mol. The standard InChI is InChI=1S/C15H15ClN2/c16-11-6-7-14(17)13(9-11)12-5-1-3-10-4-2-8-18-15(10)12/h2,4,6-9,12H,1,3,5,17H2. The fraction of sp³-hybridized carbons (Fsp3) is 0.267. The maximum Gasteiger partial charge on any atom is 0.0511 e. The highest BCUT2D eigenvalue weighted by Gasteiger charge is 2.24. The van der Waals surface area contributed by atoms with Crippen LogP contribution in [0.2, 0.25) is 5.02 Å². The van der Waals surface area contributed by atoms with Crippen LogP contribution < -0.4 is 5.73 Å². The summed E-state index contributed by atoms with van der Waals surface area (Å²) in [7, 11) is 0. The molecule has 3 rings (SSSR count). The fourth-order valence-electron chi connectivity index (χ4n) is 2.76. The molecule has 0 amide bonds. The molecule has 2 nitrogen and oxygen atoms in total. The molecule has 92 valence electrons. The summed E-state index contributed by atoms with van der Waals surface area (Å²) in [4.78, 5) is 4.55. The van der Waals surface area contributed by atoms with Crippen molar-refractivity contribution in [1.82, 2.24) is 4.98 Å². The number of aromatic nitrogens is 1. The van der Waals surface area contributed by atoms with Crippen molar-refractivity contribution in [2.24, 2.45) is 0 Å². The number of nitrogens with zero attached hydrogens (tertiary/aromatic N) is 1. The van der Waals surface area contributed by atoms with E-state index in [-0.39, 0.29) is 5.92 Å². The van der Waals surface area contributed by atoms with Crippen LogP contribution in [0.5, 0.6) is 0 Å². The second-order valence-corrected chi connectivity index (χ2v) is 5.20. The molecule has 0 aliphatic heterocycles. The molecule has 1 heterocycles. The quantitative estimate of drug-likeness (QED) is 0.791. The van der Waals surface area contributed by atoms with Crippen molar-refractivity contribution in [2.45, 2.75) is 25.2 Å². The zero-order valence-corrected chi connectivity index (χ0v) is 10.8. The van der Waals surface area contributed by atoms with Gasteiger partial charge in [-0.3, -0.25) is 4.98 Å². The van der Waals surface area contributed by atoms with Crippen molar-refractivity contribution in [3.05, 3.63) is 58.4 Å². The third kappa shape index (κ3) is 1.97. The van der Waals surface area contributed by atoms with E-state index in [1.807, 2.05) is 30.5 Å². The smallest absolute Gasteiger partial charge is 0.0511 e. The molecule has 1 aromatic heterocycles. The van der Waals surface area contributed by atoms with E-state index < -0.39 is 0 Å². The van der Waals surface area contributed by atoms with Gasteiger partial charge in [-0.1, -0.05) is 17.7 Å². The Labute approximate surface area is 112 Å². The lowest BCUT2D eigenvalue weighted by Crippen LogP contribution is -2.14. The van der Waals surface area contributed by atoms with Gasteiger partial charge in [0, 0.05) is 22.8 Å². The number of nitrogens with two attached hydrogens (primary N) is 1. The Morgan fingerprint density at radius 1 is 1.28 bits per heavy atom. The monoisotopic (exact) mass is 258 g/mol. The van der Waals surface area contributed by atoms with Crippen LogP contribution >= 0.6 is 11.6 Å². The highest BCUT2D eigenvalue weighted by Crippen LogP contribution is 2.38. The van der Waals surface area contributed by atoms with E-state index in [1.54, 1.807) is 0 Å². The van der Waals surface area contributed by atoms with E-state index in [0.29, 0.717) is 0 Å². The second-order valence-electron chi connectivity index (χ2n) is 4.77. The minimum atomic E-state index is 0.286. The SMILES string of the molecule is Nc1ccc(Cl)cc1C1CCCc2cccnc21. The molecule has 0 radical (unpaired) electrons. The molecule has 3 heteroatoms. The summed E-state index contributed by atoms with van der Waals surface area (Å²) in [5.74, 6) is 0.286. The number of halogens is 1. The van der Waals surface area contributed by atoms with Crippen LogP contribution in [-0.4, -0.2) is 4.98 Å². The predicted molar refractivity (Wildman–Crippen MR) is 74.9 cm³/mol. The zero-order chi connectivity index (χ0) is 12.5. The van der Waals surface area contributed by atoms with E-state index in [1.165, 1.54) is 12.0 Å². The first-order chi connectivity index (χ1) is 8.75. The minimum Gasteiger partial charge on any atom is -0.398 e. The first kappa shape index (κ1) is 11.5. The summed E-state index contributed by atoms with van der Waals surface area (Å²) in [6.07, 6.45) is 5.24. The van der Waals surface area contributed by atoms with Gasteiger partial charge in [0.25, 0.3) is 0 Å². The number of benzene rings is 1. The lowest BCUT2D eigenvalue weighted by atomic mass is 9.81. The van der Waals surface area contributed by atoms with E-state index in [9.17, 15) is 0 Å². The molecule has 2 N–H and O–H groups in total. The van der Waals surface area contributed by atoms with Crippen LogP contribution in [0, 0.1) is 0 Å². The van der Waals surface area contributed by atoms with Gasteiger partial charge in [0.05, 0.1) is 5.69 Å². The lowest BCUT2D eigenvalue weighted by Gasteiger charge is -2.25. The molecule has 0 bridgehead atoms. The number of rotatable bonds is 1. The normalized spacial score (nSPS) is 18.4. The van der Waals surface area contributed by atoms with Gasteiger partial charge in [-0.15, -0.1) is 0 Å². The molecular formula is C15H15ClN2. The van der Waals surface area contributed by atoms with E-state index in [4.69, 9.17) is 17.3 Å². The Morgan fingerprint density at radius 3 is 3.06 bits per heavy atom. The van der Waals surface area contributed by atoms with Crippen molar-refractivity contribution >= 4 is 17.3 Å². The van der Waals surface area contributed by atoms with Crippen molar-refractivity contribution in [1.29, 1.82) is 0 Å². The van der Waals surface area contributed by atoms with Crippen LogP contribution in [0.1, 0.15) is 35.6 Å². The lowest BCUT2D eigenvalue weighted by molar-refractivity contribution is 0.600. The molecular weight excluding hydrogens is 244 g/mol. The maximum absolute atomic E-state index is 6.09. The summed E-state index contributed by atoms with van der Waals surface area (Å²) < 4.78 is 0. The average Bonchev–Trinajstić information content (AvgIpc) is 2.41. The zero-order valence-electron chi connectivity index (χ0n) is 10.1. The van der Waals surface area contributed by atoms with Crippen molar-refractivity contribution in [2.75, 3.05) is 5.73 Å². The van der Waals surface area contributed by atoms with Gasteiger partial charge in [-0.25, -0.2) is 0 Å². The van der Waals surface area contributed by atoms with Crippen LogP contribution in [0.25, 0.3) is 0 Å². The molecule has 0 saturated heterocycles. The fourth-order valence-corrected chi connectivity index (χ4v) is 2.94. The summed E-state index contributed by atoms with van der Waals surface area (Å²) >= 11 is 6.09. The van der Waals surface area contributed by atoms with Gasteiger partial charge in [0.15, 0.2) is 0 Å². The second kappa shape index (κ2) is 4.62. The third-order valence-electron chi connectivity index (χ3n) is 3.62. The number of pyridine rings is 1. The first-order valence-corrected chi connectivity index (χ1v) is 6.62. The molecule has 0 spiro atoms. The molecule has 1 unspecified atom stereocenters. The number of fused-ring (bicyclic) bond motifs is 1. The van der Waals surface area contributed by atoms with Crippen LogP contribution in [0.4, 0.5) is 5.69 Å². The summed E-state index contributed by atoms with van der Waals surface area (Å²) in [6.45, 7) is 0. The van der Waals surface area contributed by atoms with Gasteiger partial charge >= 0.3 is 0 Å². The van der Waals surface area contributed by atoms with E-state index in [0.717, 1.165) is 34.8 Å². The predicted octanol–water partition coefficient (Wildman–Crippen LogP) is 3.79. The summed E-state index contributed by atoms with van der Waals surface area (Å²) in [5.41, 5.74) is 10.5. The molecule has 1 aliphatic carbocycles. The number of aryl methyl sites for hydroxylation is 1. The Hall–Kier alpha value is -1.54. The highest BCUT2D eigenvalue weighted by molar-refractivity contribution is 6.30.